The second-order valence-corrected chi connectivity index (χ2v) is 7.35. The predicted octanol–water partition coefficient (Wildman–Crippen LogP) is -6.07. The van der Waals surface area contributed by atoms with E-state index in [1.165, 1.54) is 0 Å². The smallest absolute Gasteiger partial charge is 0.345 e. The number of hydrogen-bond acceptors (Lipinski definition) is 16. The van der Waals surface area contributed by atoms with Gasteiger partial charge < -0.3 is 60.5 Å². The van der Waals surface area contributed by atoms with Crippen molar-refractivity contribution < 1.29 is 79.7 Å². The zero-order chi connectivity index (χ0) is 27.7. The molecule has 0 fully saturated rings. The normalized spacial score (nSPS) is 18.1. The molecule has 0 spiro atoms. The Morgan fingerprint density at radius 3 is 1.08 bits per heavy atom. The van der Waals surface area contributed by atoms with Gasteiger partial charge in [-0.25, -0.2) is 19.2 Å². The topological polar surface area (TPSA) is 289 Å². The largest absolute Gasteiger partial charge is 0.394 e. The summed E-state index contributed by atoms with van der Waals surface area (Å²) in [4.78, 5) is 47.6. The van der Waals surface area contributed by atoms with E-state index in [9.17, 15) is 60.0 Å². The molecule has 0 aromatic heterocycles. The summed E-state index contributed by atoms with van der Waals surface area (Å²) in [6.07, 6.45) is -17.7. The summed E-state index contributed by atoms with van der Waals surface area (Å²) in [5, 5.41) is 93.4. The molecule has 1 aromatic rings. The maximum Gasteiger partial charge on any atom is 0.345 e. The molecule has 0 heterocycles. The van der Waals surface area contributed by atoms with Crippen LogP contribution in [0.3, 0.4) is 0 Å². The Kier molecular flexibility index (Phi) is 12.1. The maximum atomic E-state index is 12.0. The van der Waals surface area contributed by atoms with Gasteiger partial charge in [-0.15, -0.1) is 0 Å². The highest BCUT2D eigenvalue weighted by molar-refractivity contribution is 6.00. The first-order valence-electron chi connectivity index (χ1n) is 10.0. The first-order chi connectivity index (χ1) is 16.8. The van der Waals surface area contributed by atoms with Crippen molar-refractivity contribution in [1.29, 1.82) is 0 Å². The van der Waals surface area contributed by atoms with Crippen LogP contribution >= 0.6 is 0 Å². The second-order valence-electron chi connectivity index (χ2n) is 7.35. The molecule has 1 aromatic carbocycles. The molecular formula is C20H26O16. The van der Waals surface area contributed by atoms with Gasteiger partial charge in [0.2, 0.25) is 0 Å². The van der Waals surface area contributed by atoms with Gasteiger partial charge in [-0.1, -0.05) is 0 Å². The number of carbonyl (C=O) groups excluding carboxylic acids is 4. The lowest BCUT2D eigenvalue weighted by atomic mass is 10.0. The van der Waals surface area contributed by atoms with Crippen molar-refractivity contribution in [3.63, 3.8) is 0 Å². The van der Waals surface area contributed by atoms with Gasteiger partial charge in [0.25, 0.3) is 0 Å². The molecule has 0 saturated heterocycles. The first-order valence-corrected chi connectivity index (χ1v) is 10.0. The van der Waals surface area contributed by atoms with Gasteiger partial charge in [-0.05, 0) is 24.3 Å². The van der Waals surface area contributed by atoms with E-state index in [0.29, 0.717) is 0 Å². The summed E-state index contributed by atoms with van der Waals surface area (Å²) < 4.78 is 8.64. The van der Waals surface area contributed by atoms with Gasteiger partial charge in [0.05, 0.1) is 24.3 Å². The van der Waals surface area contributed by atoms with Gasteiger partial charge in [-0.3, -0.25) is 0 Å². The molecule has 10 N–H and O–H groups in total. The third kappa shape index (κ3) is 8.07. The molecule has 0 saturated carbocycles. The van der Waals surface area contributed by atoms with E-state index in [2.05, 4.69) is 9.47 Å². The summed E-state index contributed by atoms with van der Waals surface area (Å²) in [6, 6.07) is 3.65. The van der Waals surface area contributed by atoms with Crippen molar-refractivity contribution in [1.82, 2.24) is 0 Å². The summed E-state index contributed by atoms with van der Waals surface area (Å²) >= 11 is 0. The molecule has 202 valence electrons. The average molecular weight is 522 g/mol. The van der Waals surface area contributed by atoms with Gasteiger partial charge >= 0.3 is 23.9 Å². The molecule has 0 amide bonds. The van der Waals surface area contributed by atoms with Crippen LogP contribution in [0.2, 0.25) is 0 Å². The molecule has 0 radical (unpaired) electrons. The lowest BCUT2D eigenvalue weighted by Gasteiger charge is -2.24. The zero-order valence-electron chi connectivity index (χ0n) is 18.3. The van der Waals surface area contributed by atoms with Crippen LogP contribution in [0, 0.1) is 0 Å². The van der Waals surface area contributed by atoms with E-state index >= 15 is 0 Å². The van der Waals surface area contributed by atoms with Crippen LogP contribution in [-0.4, -0.2) is 137 Å². The van der Waals surface area contributed by atoms with Crippen LogP contribution in [0.25, 0.3) is 0 Å². The van der Waals surface area contributed by atoms with Crippen molar-refractivity contribution in [2.45, 2.75) is 48.8 Å². The van der Waals surface area contributed by atoms with Crippen molar-refractivity contribution >= 4 is 23.9 Å². The van der Waals surface area contributed by atoms with Crippen LogP contribution in [-0.2, 0) is 19.1 Å². The number of aliphatic hydroxyl groups is 10. The number of benzene rings is 1. The summed E-state index contributed by atoms with van der Waals surface area (Å²) in [7, 11) is 0. The van der Waals surface area contributed by atoms with Gasteiger partial charge in [0.1, 0.15) is 36.6 Å². The fourth-order valence-corrected chi connectivity index (χ4v) is 2.49. The Labute approximate surface area is 201 Å². The van der Waals surface area contributed by atoms with Crippen molar-refractivity contribution in [2.75, 3.05) is 13.2 Å². The minimum absolute atomic E-state index is 0.375. The third-order valence-electron chi connectivity index (χ3n) is 4.74. The molecule has 36 heavy (non-hydrogen) atoms. The molecule has 0 aliphatic heterocycles. The highest BCUT2D eigenvalue weighted by atomic mass is 16.6. The minimum atomic E-state index is -2.48. The fourth-order valence-electron chi connectivity index (χ4n) is 2.49. The van der Waals surface area contributed by atoms with E-state index in [1.807, 2.05) is 0 Å². The molecule has 16 nitrogen and oxygen atoms in total. The van der Waals surface area contributed by atoms with Crippen LogP contribution in [0.5, 0.6) is 0 Å². The lowest BCUT2D eigenvalue weighted by Crippen LogP contribution is -2.49. The lowest BCUT2D eigenvalue weighted by molar-refractivity contribution is -0.165. The van der Waals surface area contributed by atoms with Crippen molar-refractivity contribution in [3.8, 4) is 0 Å². The summed E-state index contributed by atoms with van der Waals surface area (Å²) in [6.45, 7) is -2.01. The number of aliphatic hydroxyl groups excluding tert-OH is 10. The Bertz CT molecular complexity index is 828. The van der Waals surface area contributed by atoms with Crippen LogP contribution in [0.1, 0.15) is 20.7 Å². The van der Waals surface area contributed by atoms with Crippen LogP contribution in [0.15, 0.2) is 24.3 Å². The zero-order valence-corrected chi connectivity index (χ0v) is 18.3. The number of esters is 4. The molecule has 0 aliphatic rings. The molecule has 8 atom stereocenters. The van der Waals surface area contributed by atoms with E-state index < -0.39 is 85.9 Å². The Hall–Kier alpha value is -2.90. The summed E-state index contributed by atoms with van der Waals surface area (Å²) in [5.74, 6) is -6.19. The van der Waals surface area contributed by atoms with E-state index in [0.717, 1.165) is 24.3 Å². The number of hydrogen-bond donors (Lipinski definition) is 10. The minimum Gasteiger partial charge on any atom is -0.394 e. The van der Waals surface area contributed by atoms with Gasteiger partial charge in [-0.2, -0.15) is 0 Å². The average Bonchev–Trinajstić information content (AvgIpc) is 2.89. The highest BCUT2D eigenvalue weighted by Gasteiger charge is 2.37. The number of rotatable bonds is 12. The van der Waals surface area contributed by atoms with Crippen molar-refractivity contribution in [3.05, 3.63) is 35.4 Å². The standard InChI is InChI=1S/C20H26O16/c21-5-9(23)11(25)13(27)15(29)19(33)35-17(31)7-1-2-8(4-3-7)18(32)36-20(34)16(30)14(28)12(26)10(24)6-22/h1-4,9-16,21-30H,5-6H2/t9-,10-,11-,12-,13+,14+,15-,16-/m1/s1. The van der Waals surface area contributed by atoms with E-state index in [-0.39, 0.29) is 11.1 Å². The molecule has 0 bridgehead atoms. The molecular weight excluding hydrogens is 496 g/mol. The number of carbonyl (C=O) groups is 4. The fraction of sp³-hybridized carbons (Fsp3) is 0.500. The first kappa shape index (κ1) is 31.1. The monoisotopic (exact) mass is 522 g/mol. The van der Waals surface area contributed by atoms with E-state index in [4.69, 9.17) is 10.2 Å². The Balaban J connectivity index is 2.75. The van der Waals surface area contributed by atoms with Gasteiger partial charge in [0, 0.05) is 0 Å². The predicted molar refractivity (Wildman–Crippen MR) is 110 cm³/mol. The van der Waals surface area contributed by atoms with Crippen LogP contribution < -0.4 is 0 Å². The van der Waals surface area contributed by atoms with E-state index in [1.54, 1.807) is 0 Å². The second kappa shape index (κ2) is 14.0. The highest BCUT2D eigenvalue weighted by Crippen LogP contribution is 2.12. The molecule has 0 aliphatic carbocycles. The summed E-state index contributed by atoms with van der Waals surface area (Å²) in [5.41, 5.74) is -0.749. The van der Waals surface area contributed by atoms with Crippen LogP contribution in [0.4, 0.5) is 0 Å². The van der Waals surface area contributed by atoms with Gasteiger partial charge in [0.15, 0.2) is 12.2 Å². The Morgan fingerprint density at radius 2 is 0.833 bits per heavy atom. The number of ether oxygens (including phenoxy) is 2. The molecule has 0 unspecified atom stereocenters. The Morgan fingerprint density at radius 1 is 0.556 bits per heavy atom. The maximum absolute atomic E-state index is 12.0. The SMILES string of the molecule is O=C(OC(=O)[C@H](O)[C@@H](O)[C@H](O)[C@H](O)CO)c1ccc(C(=O)OC(=O)[C@H](O)[C@@H](O)[C@H](O)[C@H](O)CO)cc1. The third-order valence-corrected chi connectivity index (χ3v) is 4.74. The molecule has 1 rings (SSSR count). The quantitative estimate of drug-likeness (QED) is 0.0902. The molecule has 16 heteroatoms. The van der Waals surface area contributed by atoms with Crippen molar-refractivity contribution in [2.24, 2.45) is 0 Å².